The fourth-order valence-electron chi connectivity index (χ4n) is 1.70. The quantitative estimate of drug-likeness (QED) is 0.361. The highest BCUT2D eigenvalue weighted by molar-refractivity contribution is 5.78. The zero-order valence-electron chi connectivity index (χ0n) is 10.6. The molecule has 0 amide bonds. The summed E-state index contributed by atoms with van der Waals surface area (Å²) < 4.78 is 0. The molecule has 0 aliphatic carbocycles. The molecular formula is C12H25NO. The van der Waals surface area contributed by atoms with Gasteiger partial charge in [0.2, 0.25) is 0 Å². The van der Waals surface area contributed by atoms with Crippen molar-refractivity contribution in [2.45, 2.75) is 54.4 Å². The smallest absolute Gasteiger partial charge is 0.117 e. The molecule has 0 radical (unpaired) electrons. The van der Waals surface area contributed by atoms with Crippen LogP contribution in [0.1, 0.15) is 54.4 Å². The Balaban J connectivity index is 3.71. The van der Waals surface area contributed by atoms with Gasteiger partial charge in [0.1, 0.15) is 6.61 Å². The van der Waals surface area contributed by atoms with Gasteiger partial charge in [-0.05, 0) is 38.0 Å². The van der Waals surface area contributed by atoms with E-state index in [2.05, 4.69) is 32.9 Å². The maximum absolute atomic E-state index is 5.20. The van der Waals surface area contributed by atoms with Crippen LogP contribution in [0.2, 0.25) is 0 Å². The van der Waals surface area contributed by atoms with Crippen molar-refractivity contribution in [3.05, 3.63) is 0 Å². The monoisotopic (exact) mass is 199 g/mol. The summed E-state index contributed by atoms with van der Waals surface area (Å²) >= 11 is 0. The normalized spacial score (nSPS) is 11.6. The van der Waals surface area contributed by atoms with Crippen molar-refractivity contribution in [1.82, 2.24) is 0 Å². The lowest BCUT2D eigenvalue weighted by Gasteiger charge is -2.25. The fraction of sp³-hybridized carbons (Fsp3) is 0.917. The standard InChI is InChI=1S/C12H25NO/c1-10(2)9-12(5,6)7-8-14-13-11(3)4/h10H,7-9H2,1-6H3. The van der Waals surface area contributed by atoms with Crippen molar-refractivity contribution in [2.75, 3.05) is 6.61 Å². The van der Waals surface area contributed by atoms with Gasteiger partial charge in [-0.1, -0.05) is 32.9 Å². The van der Waals surface area contributed by atoms with E-state index in [4.69, 9.17) is 4.84 Å². The van der Waals surface area contributed by atoms with Crippen molar-refractivity contribution >= 4 is 5.71 Å². The minimum atomic E-state index is 0.366. The molecule has 0 bridgehead atoms. The molecule has 2 heteroatoms. The lowest BCUT2D eigenvalue weighted by Crippen LogP contribution is -2.16. The summed E-state index contributed by atoms with van der Waals surface area (Å²) in [6.45, 7) is 13.7. The summed E-state index contributed by atoms with van der Waals surface area (Å²) in [6, 6.07) is 0. The van der Waals surface area contributed by atoms with Gasteiger partial charge in [0.05, 0.1) is 5.71 Å². The zero-order chi connectivity index (χ0) is 11.2. The molecule has 0 heterocycles. The topological polar surface area (TPSA) is 21.6 Å². The van der Waals surface area contributed by atoms with Crippen LogP contribution >= 0.6 is 0 Å². The summed E-state index contributed by atoms with van der Waals surface area (Å²) in [5.74, 6) is 0.751. The summed E-state index contributed by atoms with van der Waals surface area (Å²) in [5.41, 5.74) is 1.34. The van der Waals surface area contributed by atoms with Gasteiger partial charge in [0.25, 0.3) is 0 Å². The number of nitrogens with zero attached hydrogens (tertiary/aromatic N) is 1. The maximum Gasteiger partial charge on any atom is 0.117 e. The van der Waals surface area contributed by atoms with Gasteiger partial charge in [0.15, 0.2) is 0 Å². The Morgan fingerprint density at radius 2 is 1.86 bits per heavy atom. The van der Waals surface area contributed by atoms with Crippen molar-refractivity contribution in [1.29, 1.82) is 0 Å². The Morgan fingerprint density at radius 1 is 1.29 bits per heavy atom. The van der Waals surface area contributed by atoms with Gasteiger partial charge in [-0.15, -0.1) is 0 Å². The van der Waals surface area contributed by atoms with Gasteiger partial charge >= 0.3 is 0 Å². The Hall–Kier alpha value is -0.530. The van der Waals surface area contributed by atoms with E-state index in [-0.39, 0.29) is 0 Å². The van der Waals surface area contributed by atoms with Crippen LogP contribution in [0, 0.1) is 11.3 Å². The van der Waals surface area contributed by atoms with Gasteiger partial charge in [0, 0.05) is 0 Å². The fourth-order valence-corrected chi connectivity index (χ4v) is 1.70. The molecule has 0 N–H and O–H groups in total. The number of hydrogen-bond donors (Lipinski definition) is 0. The molecular weight excluding hydrogens is 174 g/mol. The van der Waals surface area contributed by atoms with E-state index in [1.54, 1.807) is 0 Å². The Labute approximate surface area is 88.7 Å². The first-order valence-electron chi connectivity index (χ1n) is 5.46. The third-order valence-corrected chi connectivity index (χ3v) is 2.08. The zero-order valence-corrected chi connectivity index (χ0v) is 10.6. The molecule has 0 saturated heterocycles. The van der Waals surface area contributed by atoms with E-state index in [0.717, 1.165) is 24.7 Å². The highest BCUT2D eigenvalue weighted by Gasteiger charge is 2.19. The average Bonchev–Trinajstić information content (AvgIpc) is 1.95. The van der Waals surface area contributed by atoms with Crippen LogP contribution in [0.3, 0.4) is 0 Å². The van der Waals surface area contributed by atoms with Crippen LogP contribution in [-0.4, -0.2) is 12.3 Å². The number of hydrogen-bond acceptors (Lipinski definition) is 2. The minimum absolute atomic E-state index is 0.366. The molecule has 0 saturated carbocycles. The van der Waals surface area contributed by atoms with Crippen molar-refractivity contribution in [3.8, 4) is 0 Å². The first-order valence-corrected chi connectivity index (χ1v) is 5.46. The molecule has 0 aliphatic heterocycles. The Kier molecular flexibility index (Phi) is 5.82. The highest BCUT2D eigenvalue weighted by Crippen LogP contribution is 2.28. The SMILES string of the molecule is CC(C)=NOCCC(C)(C)CC(C)C. The highest BCUT2D eigenvalue weighted by atomic mass is 16.6. The van der Waals surface area contributed by atoms with Crippen LogP contribution in [0.15, 0.2) is 5.16 Å². The van der Waals surface area contributed by atoms with E-state index in [1.807, 2.05) is 13.8 Å². The minimum Gasteiger partial charge on any atom is -0.396 e. The van der Waals surface area contributed by atoms with Gasteiger partial charge in [-0.25, -0.2) is 0 Å². The number of rotatable bonds is 6. The van der Waals surface area contributed by atoms with Gasteiger partial charge in [-0.3, -0.25) is 0 Å². The molecule has 0 aliphatic rings. The van der Waals surface area contributed by atoms with Gasteiger partial charge < -0.3 is 4.84 Å². The van der Waals surface area contributed by atoms with Crippen molar-refractivity contribution < 1.29 is 4.84 Å². The molecule has 0 fully saturated rings. The molecule has 14 heavy (non-hydrogen) atoms. The van der Waals surface area contributed by atoms with Gasteiger partial charge in [-0.2, -0.15) is 0 Å². The third-order valence-electron chi connectivity index (χ3n) is 2.08. The second-order valence-corrected chi connectivity index (χ2v) is 5.38. The molecule has 0 spiro atoms. The van der Waals surface area contributed by atoms with Crippen LogP contribution in [0.4, 0.5) is 0 Å². The van der Waals surface area contributed by atoms with E-state index in [0.29, 0.717) is 5.41 Å². The largest absolute Gasteiger partial charge is 0.396 e. The van der Waals surface area contributed by atoms with E-state index < -0.39 is 0 Å². The first-order chi connectivity index (χ1) is 6.33. The van der Waals surface area contributed by atoms with Crippen molar-refractivity contribution in [3.63, 3.8) is 0 Å². The predicted octanol–water partition coefficient (Wildman–Crippen LogP) is 3.86. The van der Waals surface area contributed by atoms with Crippen LogP contribution in [0.5, 0.6) is 0 Å². The molecule has 0 unspecified atom stereocenters. The van der Waals surface area contributed by atoms with E-state index in [9.17, 15) is 0 Å². The Morgan fingerprint density at radius 3 is 2.29 bits per heavy atom. The summed E-state index contributed by atoms with van der Waals surface area (Å²) in [4.78, 5) is 5.20. The molecule has 0 aromatic carbocycles. The first kappa shape index (κ1) is 13.5. The summed E-state index contributed by atoms with van der Waals surface area (Å²) in [7, 11) is 0. The van der Waals surface area contributed by atoms with E-state index in [1.165, 1.54) is 6.42 Å². The average molecular weight is 199 g/mol. The number of oxime groups is 1. The van der Waals surface area contributed by atoms with Crippen LogP contribution < -0.4 is 0 Å². The lowest BCUT2D eigenvalue weighted by molar-refractivity contribution is 0.103. The second-order valence-electron chi connectivity index (χ2n) is 5.38. The van der Waals surface area contributed by atoms with E-state index >= 15 is 0 Å². The second kappa shape index (κ2) is 6.05. The maximum atomic E-state index is 5.20. The Bertz CT molecular complexity index is 179. The molecule has 0 aromatic rings. The third kappa shape index (κ3) is 8.09. The molecule has 84 valence electrons. The summed E-state index contributed by atoms with van der Waals surface area (Å²) in [5, 5.41) is 3.92. The summed E-state index contributed by atoms with van der Waals surface area (Å²) in [6.07, 6.45) is 2.31. The lowest BCUT2D eigenvalue weighted by atomic mass is 9.81. The molecule has 0 aromatic heterocycles. The molecule has 0 atom stereocenters. The van der Waals surface area contributed by atoms with Crippen LogP contribution in [0.25, 0.3) is 0 Å². The molecule has 2 nitrogen and oxygen atoms in total. The molecule has 0 rings (SSSR count). The van der Waals surface area contributed by atoms with Crippen molar-refractivity contribution in [2.24, 2.45) is 16.5 Å². The predicted molar refractivity (Wildman–Crippen MR) is 62.6 cm³/mol. The van der Waals surface area contributed by atoms with Crippen LogP contribution in [-0.2, 0) is 4.84 Å².